The Morgan fingerprint density at radius 3 is 2.58 bits per heavy atom. The van der Waals surface area contributed by atoms with Gasteiger partial charge in [-0.2, -0.15) is 0 Å². The number of amides is 3. The minimum Gasteiger partial charge on any atom is -0.493 e. The molecule has 2 aromatic carbocycles. The molecule has 7 nitrogen and oxygen atoms in total. The molecule has 0 spiro atoms. The Labute approximate surface area is 198 Å². The zero-order valence-corrected chi connectivity index (χ0v) is 20.1. The number of hydrogen-bond acceptors (Lipinski definition) is 6. The fraction of sp³-hybridized carbons (Fsp3) is 0.320. The third-order valence-electron chi connectivity index (χ3n) is 5.25. The number of nitrogens with zero attached hydrogens (tertiary/aromatic N) is 1. The molecule has 33 heavy (non-hydrogen) atoms. The van der Waals surface area contributed by atoms with Crippen molar-refractivity contribution in [3.8, 4) is 11.5 Å². The van der Waals surface area contributed by atoms with Crippen molar-refractivity contribution in [3.63, 3.8) is 0 Å². The number of ether oxygens (including phenoxy) is 2. The van der Waals surface area contributed by atoms with Crippen LogP contribution in [0.1, 0.15) is 29.2 Å². The van der Waals surface area contributed by atoms with Crippen LogP contribution in [0.2, 0.25) is 0 Å². The molecule has 1 heterocycles. The first-order valence-electron chi connectivity index (χ1n) is 10.7. The average molecular weight is 469 g/mol. The highest BCUT2D eigenvalue weighted by molar-refractivity contribution is 8.18. The van der Waals surface area contributed by atoms with Gasteiger partial charge in [0.05, 0.1) is 25.0 Å². The molecule has 0 unspecified atom stereocenters. The monoisotopic (exact) mass is 468 g/mol. The topological polar surface area (TPSA) is 84.9 Å². The fourth-order valence-electron chi connectivity index (χ4n) is 3.36. The summed E-state index contributed by atoms with van der Waals surface area (Å²) in [6.45, 7) is 6.74. The first kappa shape index (κ1) is 24.4. The molecule has 1 saturated heterocycles. The van der Waals surface area contributed by atoms with Crippen molar-refractivity contribution >= 4 is 34.9 Å². The summed E-state index contributed by atoms with van der Waals surface area (Å²) >= 11 is 0.883. The first-order chi connectivity index (χ1) is 15.8. The summed E-state index contributed by atoms with van der Waals surface area (Å²) in [6, 6.07) is 11.2. The van der Waals surface area contributed by atoms with Gasteiger partial charge in [-0.05, 0) is 73.0 Å². The van der Waals surface area contributed by atoms with Crippen molar-refractivity contribution in [2.24, 2.45) is 0 Å². The van der Waals surface area contributed by atoms with Crippen LogP contribution in [-0.4, -0.2) is 48.8 Å². The Balaban J connectivity index is 1.57. The maximum atomic E-state index is 12.7. The number of benzene rings is 2. The van der Waals surface area contributed by atoms with E-state index in [1.54, 1.807) is 31.4 Å². The van der Waals surface area contributed by atoms with E-state index < -0.39 is 0 Å². The zero-order chi connectivity index (χ0) is 24.0. The maximum Gasteiger partial charge on any atom is 0.293 e. The summed E-state index contributed by atoms with van der Waals surface area (Å²) in [5.74, 6) is 0.640. The molecule has 0 aromatic heterocycles. The molecule has 1 aliphatic heterocycles. The second kappa shape index (κ2) is 11.0. The van der Waals surface area contributed by atoms with Crippen LogP contribution in [-0.2, 0) is 16.0 Å². The van der Waals surface area contributed by atoms with Crippen molar-refractivity contribution < 1.29 is 23.9 Å². The Bertz CT molecular complexity index is 1100. The number of methoxy groups -OCH3 is 1. The number of imide groups is 1. The molecule has 8 heteroatoms. The minimum absolute atomic E-state index is 0.118. The molecule has 0 saturated carbocycles. The van der Waals surface area contributed by atoms with Gasteiger partial charge in [0.1, 0.15) is 0 Å². The second-order valence-electron chi connectivity index (χ2n) is 7.62. The van der Waals surface area contributed by atoms with E-state index in [-0.39, 0.29) is 36.6 Å². The zero-order valence-electron chi connectivity index (χ0n) is 19.3. The molecule has 3 rings (SSSR count). The van der Waals surface area contributed by atoms with Gasteiger partial charge in [0.2, 0.25) is 5.91 Å². The van der Waals surface area contributed by atoms with Crippen LogP contribution in [0.4, 0.5) is 4.79 Å². The number of thioether (sulfide) groups is 1. The summed E-state index contributed by atoms with van der Waals surface area (Å²) in [5, 5.41) is 2.43. The van der Waals surface area contributed by atoms with Crippen molar-refractivity contribution in [3.05, 3.63) is 63.6 Å². The van der Waals surface area contributed by atoms with E-state index in [2.05, 4.69) is 5.32 Å². The van der Waals surface area contributed by atoms with Gasteiger partial charge in [-0.15, -0.1) is 0 Å². The molecule has 1 aliphatic rings. The lowest BCUT2D eigenvalue weighted by Crippen LogP contribution is -2.37. The lowest BCUT2D eigenvalue weighted by molar-refractivity contribution is -0.124. The second-order valence-corrected chi connectivity index (χ2v) is 8.62. The number of aryl methyl sites for hydroxylation is 2. The number of rotatable bonds is 9. The SMILES string of the molecule is CCOc1ccc(/C=C2\SC(=O)N(CCNC(=O)Cc3ccc(C)c(C)c3)C2=O)cc1OC. The summed E-state index contributed by atoms with van der Waals surface area (Å²) in [4.78, 5) is 38.8. The van der Waals surface area contributed by atoms with Gasteiger partial charge in [0.15, 0.2) is 11.5 Å². The van der Waals surface area contributed by atoms with Gasteiger partial charge >= 0.3 is 0 Å². The average Bonchev–Trinajstić information content (AvgIpc) is 3.04. The third kappa shape index (κ3) is 6.16. The highest BCUT2D eigenvalue weighted by Crippen LogP contribution is 2.34. The predicted octanol–water partition coefficient (Wildman–Crippen LogP) is 4.11. The van der Waals surface area contributed by atoms with Crippen LogP contribution in [0.5, 0.6) is 11.5 Å². The van der Waals surface area contributed by atoms with Crippen LogP contribution in [0.15, 0.2) is 41.3 Å². The molecule has 3 amide bonds. The van der Waals surface area contributed by atoms with Crippen molar-refractivity contribution in [2.75, 3.05) is 26.8 Å². The number of hydrogen-bond donors (Lipinski definition) is 1. The van der Waals surface area contributed by atoms with Crippen LogP contribution in [0.25, 0.3) is 6.08 Å². The molecular weight excluding hydrogens is 440 g/mol. The Kier molecular flexibility index (Phi) is 8.16. The summed E-state index contributed by atoms with van der Waals surface area (Å²) < 4.78 is 10.8. The Morgan fingerprint density at radius 1 is 1.09 bits per heavy atom. The van der Waals surface area contributed by atoms with E-state index in [9.17, 15) is 14.4 Å². The quantitative estimate of drug-likeness (QED) is 0.558. The smallest absolute Gasteiger partial charge is 0.293 e. The molecule has 1 N–H and O–H groups in total. The highest BCUT2D eigenvalue weighted by Gasteiger charge is 2.34. The lowest BCUT2D eigenvalue weighted by Gasteiger charge is -2.13. The van der Waals surface area contributed by atoms with Gasteiger partial charge < -0.3 is 14.8 Å². The molecule has 0 radical (unpaired) electrons. The normalized spacial score (nSPS) is 14.7. The summed E-state index contributed by atoms with van der Waals surface area (Å²) in [7, 11) is 1.55. The Hall–Kier alpha value is -3.26. The van der Waals surface area contributed by atoms with Gasteiger partial charge in [-0.25, -0.2) is 0 Å². The van der Waals surface area contributed by atoms with Crippen LogP contribution >= 0.6 is 11.8 Å². The highest BCUT2D eigenvalue weighted by atomic mass is 32.2. The fourth-order valence-corrected chi connectivity index (χ4v) is 4.23. The Morgan fingerprint density at radius 2 is 1.88 bits per heavy atom. The molecule has 2 aromatic rings. The molecule has 0 aliphatic carbocycles. The standard InChI is InChI=1S/C25H28N2O5S/c1-5-32-20-9-8-19(13-21(20)31-4)14-22-24(29)27(25(30)33-22)11-10-26-23(28)15-18-7-6-16(2)17(3)12-18/h6-9,12-14H,5,10-11,15H2,1-4H3,(H,26,28)/b22-14-. The van der Waals surface area contributed by atoms with Gasteiger partial charge in [0, 0.05) is 13.1 Å². The summed E-state index contributed by atoms with van der Waals surface area (Å²) in [6.07, 6.45) is 1.91. The van der Waals surface area contributed by atoms with E-state index in [1.165, 1.54) is 5.56 Å². The van der Waals surface area contributed by atoms with E-state index >= 15 is 0 Å². The van der Waals surface area contributed by atoms with Crippen molar-refractivity contribution in [1.82, 2.24) is 10.2 Å². The first-order valence-corrected chi connectivity index (χ1v) is 11.5. The van der Waals surface area contributed by atoms with Crippen LogP contribution in [0.3, 0.4) is 0 Å². The van der Waals surface area contributed by atoms with Crippen LogP contribution < -0.4 is 14.8 Å². The van der Waals surface area contributed by atoms with Gasteiger partial charge in [0.25, 0.3) is 11.1 Å². The summed E-state index contributed by atoms with van der Waals surface area (Å²) in [5.41, 5.74) is 3.96. The molecule has 0 bridgehead atoms. The molecule has 0 atom stereocenters. The molecule has 1 fully saturated rings. The number of carbonyl (C=O) groups is 3. The van der Waals surface area contributed by atoms with E-state index in [0.29, 0.717) is 23.0 Å². The minimum atomic E-state index is -0.374. The largest absolute Gasteiger partial charge is 0.493 e. The molecular formula is C25H28N2O5S. The van der Waals surface area contributed by atoms with Crippen molar-refractivity contribution in [2.45, 2.75) is 27.2 Å². The number of nitrogens with one attached hydrogen (secondary N) is 1. The third-order valence-corrected chi connectivity index (χ3v) is 6.16. The van der Waals surface area contributed by atoms with E-state index in [1.807, 2.05) is 39.0 Å². The predicted molar refractivity (Wildman–Crippen MR) is 129 cm³/mol. The van der Waals surface area contributed by atoms with Gasteiger partial charge in [-0.3, -0.25) is 19.3 Å². The molecule has 174 valence electrons. The van der Waals surface area contributed by atoms with E-state index in [0.717, 1.165) is 33.4 Å². The number of carbonyl (C=O) groups excluding carboxylic acids is 3. The van der Waals surface area contributed by atoms with Gasteiger partial charge in [-0.1, -0.05) is 24.3 Å². The maximum absolute atomic E-state index is 12.7. The van der Waals surface area contributed by atoms with Crippen LogP contribution in [0, 0.1) is 13.8 Å². The van der Waals surface area contributed by atoms with Crippen molar-refractivity contribution in [1.29, 1.82) is 0 Å². The van der Waals surface area contributed by atoms with E-state index in [4.69, 9.17) is 9.47 Å². The lowest BCUT2D eigenvalue weighted by atomic mass is 10.0.